The highest BCUT2D eigenvalue weighted by atomic mass is 32.2. The van der Waals surface area contributed by atoms with Crippen molar-refractivity contribution in [1.29, 1.82) is 0 Å². The standard InChI is InChI=1S/C32H38N4O5S2/c1-21-3-8-29(27(13-21)28-20-42-32(34-28)36-17-23-6-7-24(18-36)30(23)31(37)38)41-19-25-5-4-22(14-26(25)15-33-2)16-35-9-11-43(39,40)12-10-35/h3-5,8,13-14,20,23-24,30H,2,6-7,9-12,15-19H2,1H3,(H,37,38)/t23-,24+,30?. The van der Waals surface area contributed by atoms with Gasteiger partial charge in [-0.1, -0.05) is 29.8 Å². The van der Waals surface area contributed by atoms with E-state index in [0.29, 0.717) is 32.8 Å². The first-order chi connectivity index (χ1) is 20.7. The summed E-state index contributed by atoms with van der Waals surface area (Å²) < 4.78 is 30.0. The van der Waals surface area contributed by atoms with E-state index in [2.05, 4.69) is 58.1 Å². The minimum absolute atomic E-state index is 0.183. The van der Waals surface area contributed by atoms with Crippen LogP contribution >= 0.6 is 11.3 Å². The molecule has 1 saturated carbocycles. The van der Waals surface area contributed by atoms with Crippen LogP contribution in [0.1, 0.15) is 35.1 Å². The van der Waals surface area contributed by atoms with Crippen LogP contribution < -0.4 is 9.64 Å². The van der Waals surface area contributed by atoms with Crippen molar-refractivity contribution < 1.29 is 23.1 Å². The quantitative estimate of drug-likeness (QED) is 0.325. The maximum Gasteiger partial charge on any atom is 0.307 e. The number of carboxylic acid groups (broad SMARTS) is 1. The van der Waals surface area contributed by atoms with Gasteiger partial charge < -0.3 is 14.7 Å². The fourth-order valence-corrected chi connectivity index (χ4v) is 8.92. The number of sulfone groups is 1. The average molecular weight is 623 g/mol. The number of rotatable bonds is 10. The molecule has 3 heterocycles. The number of aryl methyl sites for hydroxylation is 1. The average Bonchev–Trinajstić information content (AvgIpc) is 3.57. The molecule has 6 rings (SSSR count). The lowest BCUT2D eigenvalue weighted by Crippen LogP contribution is -2.44. The van der Waals surface area contributed by atoms with Gasteiger partial charge in [-0.25, -0.2) is 13.4 Å². The smallest absolute Gasteiger partial charge is 0.307 e. The van der Waals surface area contributed by atoms with Gasteiger partial charge in [0.2, 0.25) is 0 Å². The van der Waals surface area contributed by atoms with Crippen LogP contribution in [0.4, 0.5) is 5.13 Å². The molecule has 228 valence electrons. The molecule has 43 heavy (non-hydrogen) atoms. The molecule has 1 unspecified atom stereocenters. The lowest BCUT2D eigenvalue weighted by atomic mass is 9.85. The number of benzene rings is 2. The predicted octanol–water partition coefficient (Wildman–Crippen LogP) is 4.68. The SMILES string of the molecule is C=NCc1cc(CN2CCS(=O)(=O)CC2)ccc1COc1ccc(C)cc1-c1csc(N2C[C@H]3CC[C@@H](C2)C3C(=O)O)n1. The van der Waals surface area contributed by atoms with E-state index in [1.54, 1.807) is 11.3 Å². The summed E-state index contributed by atoms with van der Waals surface area (Å²) >= 11 is 1.60. The third-order valence-electron chi connectivity index (χ3n) is 9.07. The second-order valence-electron chi connectivity index (χ2n) is 12.1. The number of carboxylic acids is 1. The Hall–Kier alpha value is -3.28. The number of fused-ring (bicyclic) bond motifs is 2. The number of nitrogens with zero attached hydrogens (tertiary/aromatic N) is 4. The normalized spacial score (nSPS) is 23.3. The Labute approximate surface area is 257 Å². The Morgan fingerprint density at radius 3 is 2.56 bits per heavy atom. The van der Waals surface area contributed by atoms with Gasteiger partial charge in [-0.2, -0.15) is 0 Å². The first kappa shape index (κ1) is 29.8. The van der Waals surface area contributed by atoms with Crippen molar-refractivity contribution in [2.24, 2.45) is 22.7 Å². The second-order valence-corrected chi connectivity index (χ2v) is 15.2. The molecule has 11 heteroatoms. The summed E-state index contributed by atoms with van der Waals surface area (Å²) in [6.07, 6.45) is 1.94. The van der Waals surface area contributed by atoms with Crippen LogP contribution in [-0.2, 0) is 34.3 Å². The Morgan fingerprint density at radius 1 is 1.12 bits per heavy atom. The van der Waals surface area contributed by atoms with Crippen molar-refractivity contribution >= 4 is 39.0 Å². The van der Waals surface area contributed by atoms with Gasteiger partial charge in [-0.05, 0) is 67.1 Å². The maximum atomic E-state index is 11.8. The number of piperidine rings is 1. The number of aliphatic carboxylic acids is 1. The lowest BCUT2D eigenvalue weighted by Gasteiger charge is -2.35. The molecule has 2 saturated heterocycles. The molecule has 3 atom stereocenters. The molecule has 0 spiro atoms. The lowest BCUT2D eigenvalue weighted by molar-refractivity contribution is -0.144. The number of thiazole rings is 1. The van der Waals surface area contributed by atoms with Gasteiger partial charge in [0.25, 0.3) is 0 Å². The monoisotopic (exact) mass is 622 g/mol. The number of ether oxygens (including phenoxy) is 1. The predicted molar refractivity (Wildman–Crippen MR) is 170 cm³/mol. The molecule has 0 amide bonds. The van der Waals surface area contributed by atoms with E-state index in [1.165, 1.54) is 0 Å². The number of carbonyl (C=O) groups is 1. The highest BCUT2D eigenvalue weighted by Crippen LogP contribution is 2.44. The molecule has 3 aromatic rings. The molecule has 3 fully saturated rings. The largest absolute Gasteiger partial charge is 0.488 e. The van der Waals surface area contributed by atoms with E-state index < -0.39 is 15.8 Å². The van der Waals surface area contributed by atoms with Crippen molar-refractivity contribution in [2.45, 2.75) is 39.5 Å². The van der Waals surface area contributed by atoms with Gasteiger partial charge in [-0.3, -0.25) is 14.7 Å². The summed E-state index contributed by atoms with van der Waals surface area (Å²) in [5.41, 5.74) is 6.10. The summed E-state index contributed by atoms with van der Waals surface area (Å²) in [5, 5.41) is 12.7. The third-order valence-corrected chi connectivity index (χ3v) is 11.6. The minimum atomic E-state index is -2.91. The fraction of sp³-hybridized carbons (Fsp3) is 0.469. The Morgan fingerprint density at radius 2 is 1.86 bits per heavy atom. The van der Waals surface area contributed by atoms with Gasteiger partial charge in [0.05, 0.1) is 29.7 Å². The molecule has 2 bridgehead atoms. The Bertz CT molecular complexity index is 1590. The van der Waals surface area contributed by atoms with Crippen LogP contribution in [0.3, 0.4) is 0 Å². The van der Waals surface area contributed by atoms with E-state index in [0.717, 1.165) is 70.3 Å². The van der Waals surface area contributed by atoms with Gasteiger partial charge in [0, 0.05) is 43.7 Å². The molecule has 3 aliphatic rings. The zero-order valence-corrected chi connectivity index (χ0v) is 26.1. The number of aromatic nitrogens is 1. The molecular weight excluding hydrogens is 585 g/mol. The van der Waals surface area contributed by atoms with Crippen molar-refractivity contribution in [3.8, 4) is 17.0 Å². The molecular formula is C32H38N4O5S2. The summed E-state index contributed by atoms with van der Waals surface area (Å²) in [7, 11) is -2.91. The number of hydrogen-bond acceptors (Lipinski definition) is 9. The van der Waals surface area contributed by atoms with Crippen molar-refractivity contribution in [3.05, 3.63) is 64.0 Å². The van der Waals surface area contributed by atoms with Gasteiger partial charge in [-0.15, -0.1) is 11.3 Å². The molecule has 2 aromatic carbocycles. The van der Waals surface area contributed by atoms with E-state index in [1.807, 2.05) is 12.1 Å². The molecule has 0 radical (unpaired) electrons. The van der Waals surface area contributed by atoms with Crippen LogP contribution in [0.5, 0.6) is 5.75 Å². The Balaban J connectivity index is 1.16. The van der Waals surface area contributed by atoms with Gasteiger partial charge in [0.15, 0.2) is 15.0 Å². The number of hydrogen-bond donors (Lipinski definition) is 1. The van der Waals surface area contributed by atoms with Crippen molar-refractivity contribution in [1.82, 2.24) is 9.88 Å². The highest BCUT2D eigenvalue weighted by molar-refractivity contribution is 7.91. The topological polar surface area (TPSA) is 112 Å². The molecule has 1 N–H and O–H groups in total. The first-order valence-electron chi connectivity index (χ1n) is 14.8. The van der Waals surface area contributed by atoms with Crippen LogP contribution in [0.2, 0.25) is 0 Å². The van der Waals surface area contributed by atoms with Gasteiger partial charge >= 0.3 is 5.97 Å². The zero-order valence-electron chi connectivity index (χ0n) is 24.4. The molecule has 1 aromatic heterocycles. The minimum Gasteiger partial charge on any atom is -0.488 e. The summed E-state index contributed by atoms with van der Waals surface area (Å²) in [4.78, 5) is 25.4. The third kappa shape index (κ3) is 6.63. The first-order valence-corrected chi connectivity index (χ1v) is 17.5. The molecule has 1 aliphatic carbocycles. The highest BCUT2D eigenvalue weighted by Gasteiger charge is 2.46. The van der Waals surface area contributed by atoms with E-state index >= 15 is 0 Å². The van der Waals surface area contributed by atoms with E-state index in [-0.39, 0.29) is 29.3 Å². The second kappa shape index (κ2) is 12.4. The van der Waals surface area contributed by atoms with E-state index in [4.69, 9.17) is 9.72 Å². The summed E-state index contributed by atoms with van der Waals surface area (Å²) in [5.74, 6) is 0.656. The van der Waals surface area contributed by atoms with Gasteiger partial charge in [0.1, 0.15) is 12.4 Å². The molecule has 9 nitrogen and oxygen atoms in total. The van der Waals surface area contributed by atoms with Crippen LogP contribution in [0.15, 0.2) is 46.8 Å². The fourth-order valence-electron chi connectivity index (χ4n) is 6.79. The zero-order chi connectivity index (χ0) is 30.1. The van der Waals surface area contributed by atoms with Crippen LogP contribution in [0, 0.1) is 24.7 Å². The summed E-state index contributed by atoms with van der Waals surface area (Å²) in [6, 6.07) is 12.4. The van der Waals surface area contributed by atoms with Crippen LogP contribution in [-0.4, -0.2) is 73.8 Å². The maximum absolute atomic E-state index is 11.8. The Kier molecular flexibility index (Phi) is 8.57. The molecule has 2 aliphatic heterocycles. The number of aliphatic imine (C=N–C) groups is 1. The van der Waals surface area contributed by atoms with Crippen molar-refractivity contribution in [2.75, 3.05) is 42.6 Å². The summed E-state index contributed by atoms with van der Waals surface area (Å²) in [6.45, 7) is 9.88. The van der Waals surface area contributed by atoms with Crippen LogP contribution in [0.25, 0.3) is 11.3 Å². The van der Waals surface area contributed by atoms with E-state index in [9.17, 15) is 18.3 Å². The van der Waals surface area contributed by atoms with Crippen molar-refractivity contribution in [3.63, 3.8) is 0 Å². The number of anilines is 1.